The van der Waals surface area contributed by atoms with Crippen LogP contribution in [0.1, 0.15) is 31.4 Å². The Bertz CT molecular complexity index is 738. The summed E-state index contributed by atoms with van der Waals surface area (Å²) in [7, 11) is -3.95. The van der Waals surface area contributed by atoms with Crippen LogP contribution in [0, 0.1) is 5.92 Å². The summed E-state index contributed by atoms with van der Waals surface area (Å²) in [6.07, 6.45) is 1.93. The molecule has 1 unspecified atom stereocenters. The van der Waals surface area contributed by atoms with Crippen LogP contribution in [0.3, 0.4) is 0 Å². The lowest BCUT2D eigenvalue weighted by atomic mass is 10.1. The molecule has 1 fully saturated rings. The average molecular weight is 346 g/mol. The van der Waals surface area contributed by atoms with Crippen LogP contribution in [-0.4, -0.2) is 41.0 Å². The van der Waals surface area contributed by atoms with E-state index >= 15 is 0 Å². The van der Waals surface area contributed by atoms with E-state index in [9.17, 15) is 16.8 Å². The summed E-state index contributed by atoms with van der Waals surface area (Å²) in [5, 5.41) is 0. The zero-order valence-electron chi connectivity index (χ0n) is 13.0. The van der Waals surface area contributed by atoms with Crippen LogP contribution >= 0.6 is 0 Å². The third kappa shape index (κ3) is 4.28. The fourth-order valence-corrected chi connectivity index (χ4v) is 4.82. The molecule has 0 bridgehead atoms. The van der Waals surface area contributed by atoms with E-state index < -0.39 is 26.1 Å². The van der Waals surface area contributed by atoms with Crippen LogP contribution < -0.4 is 4.72 Å². The highest BCUT2D eigenvalue weighted by molar-refractivity contribution is 7.89. The lowest BCUT2D eigenvalue weighted by Crippen LogP contribution is -2.30. The number of sulfonamides is 2. The van der Waals surface area contributed by atoms with Crippen molar-refractivity contribution in [3.05, 3.63) is 29.8 Å². The molecule has 124 valence electrons. The number of benzene rings is 1. The molecule has 0 radical (unpaired) electrons. The summed E-state index contributed by atoms with van der Waals surface area (Å²) in [6, 6.07) is 5.89. The second-order valence-electron chi connectivity index (χ2n) is 5.92. The van der Waals surface area contributed by atoms with Gasteiger partial charge >= 0.3 is 0 Å². The van der Waals surface area contributed by atoms with Crippen LogP contribution in [-0.2, 0) is 20.0 Å². The predicted molar refractivity (Wildman–Crippen MR) is 85.4 cm³/mol. The molecule has 6 nitrogen and oxygen atoms in total. The highest BCUT2D eigenvalue weighted by Crippen LogP contribution is 2.30. The summed E-state index contributed by atoms with van der Waals surface area (Å²) in [5.41, 5.74) is 0.627. The van der Waals surface area contributed by atoms with Crippen LogP contribution in [0.15, 0.2) is 29.2 Å². The van der Waals surface area contributed by atoms with Crippen LogP contribution in [0.4, 0.5) is 0 Å². The second-order valence-corrected chi connectivity index (χ2v) is 9.87. The fourth-order valence-electron chi connectivity index (χ4n) is 2.14. The number of hydrogen-bond donors (Lipinski definition) is 1. The first-order chi connectivity index (χ1) is 10.1. The molecule has 22 heavy (non-hydrogen) atoms. The third-order valence-corrected chi connectivity index (χ3v) is 7.08. The minimum Gasteiger partial charge on any atom is -0.212 e. The molecule has 1 aromatic carbocycles. The third-order valence-electron chi connectivity index (χ3n) is 3.65. The molecule has 0 spiro atoms. The van der Waals surface area contributed by atoms with E-state index in [4.69, 9.17) is 0 Å². The number of hydrogen-bond acceptors (Lipinski definition) is 4. The summed E-state index contributed by atoms with van der Waals surface area (Å²) in [4.78, 5) is 0.156. The summed E-state index contributed by atoms with van der Waals surface area (Å²) >= 11 is 0. The van der Waals surface area contributed by atoms with Crippen molar-refractivity contribution in [3.8, 4) is 0 Å². The maximum Gasteiger partial charge on any atom is 0.242 e. The van der Waals surface area contributed by atoms with Gasteiger partial charge in [-0.15, -0.1) is 0 Å². The van der Waals surface area contributed by atoms with Gasteiger partial charge in [0.25, 0.3) is 0 Å². The zero-order chi connectivity index (χ0) is 16.5. The van der Waals surface area contributed by atoms with Gasteiger partial charge < -0.3 is 0 Å². The largest absolute Gasteiger partial charge is 0.242 e. The van der Waals surface area contributed by atoms with Crippen molar-refractivity contribution in [3.63, 3.8) is 0 Å². The number of rotatable bonds is 7. The van der Waals surface area contributed by atoms with Gasteiger partial charge in [-0.2, -0.15) is 0 Å². The quantitative estimate of drug-likeness (QED) is 0.807. The van der Waals surface area contributed by atoms with Crippen LogP contribution in [0.5, 0.6) is 0 Å². The van der Waals surface area contributed by atoms with Crippen molar-refractivity contribution >= 4 is 20.0 Å². The SMILES string of the molecule is CC(NS(=O)(=O)CC1CC1)c1cccc(S(=O)(=O)N(C)C)c1. The Kier molecular flexibility index (Phi) is 4.96. The maximum absolute atomic E-state index is 12.1. The summed E-state index contributed by atoms with van der Waals surface area (Å²) in [6.45, 7) is 1.71. The van der Waals surface area contributed by atoms with E-state index in [0.717, 1.165) is 17.1 Å². The lowest BCUT2D eigenvalue weighted by Gasteiger charge is -2.17. The average Bonchev–Trinajstić information content (AvgIpc) is 3.21. The van der Waals surface area contributed by atoms with Gasteiger partial charge in [0.05, 0.1) is 10.6 Å². The van der Waals surface area contributed by atoms with Crippen LogP contribution in [0.25, 0.3) is 0 Å². The highest BCUT2D eigenvalue weighted by Gasteiger charge is 2.29. The predicted octanol–water partition coefficient (Wildman–Crippen LogP) is 1.33. The molecule has 0 aromatic heterocycles. The van der Waals surface area contributed by atoms with Gasteiger partial charge in [-0.05, 0) is 43.4 Å². The fraction of sp³-hybridized carbons (Fsp3) is 0.571. The van der Waals surface area contributed by atoms with E-state index in [2.05, 4.69) is 4.72 Å². The van der Waals surface area contributed by atoms with Gasteiger partial charge in [0.15, 0.2) is 0 Å². The normalized spacial score (nSPS) is 17.6. The first kappa shape index (κ1) is 17.4. The standard InChI is InChI=1S/C14H22N2O4S2/c1-11(15-21(17,18)10-12-7-8-12)13-5-4-6-14(9-13)22(19,20)16(2)3/h4-6,9,11-12,15H,7-8,10H2,1-3H3. The van der Waals surface area contributed by atoms with Crippen molar-refractivity contribution in [2.24, 2.45) is 5.92 Å². The molecule has 0 amide bonds. The van der Waals surface area contributed by atoms with Crippen molar-refractivity contribution in [2.75, 3.05) is 19.8 Å². The van der Waals surface area contributed by atoms with E-state index in [1.807, 2.05) is 0 Å². The maximum atomic E-state index is 12.1. The van der Waals surface area contributed by atoms with Gasteiger partial charge in [0.1, 0.15) is 0 Å². The molecular weight excluding hydrogens is 324 g/mol. The zero-order valence-corrected chi connectivity index (χ0v) is 14.6. The molecular formula is C14H22N2O4S2. The number of nitrogens with zero attached hydrogens (tertiary/aromatic N) is 1. The first-order valence-corrected chi connectivity index (χ1v) is 10.2. The molecule has 2 rings (SSSR count). The van der Waals surface area contributed by atoms with Crippen molar-refractivity contribution < 1.29 is 16.8 Å². The van der Waals surface area contributed by atoms with E-state index in [-0.39, 0.29) is 16.6 Å². The Balaban J connectivity index is 2.18. The summed E-state index contributed by atoms with van der Waals surface area (Å²) < 4.78 is 52.0. The Hall–Kier alpha value is -0.960. The van der Waals surface area contributed by atoms with Gasteiger partial charge in [-0.1, -0.05) is 12.1 Å². The highest BCUT2D eigenvalue weighted by atomic mass is 32.2. The Morgan fingerprint density at radius 1 is 1.23 bits per heavy atom. The monoisotopic (exact) mass is 346 g/mol. The molecule has 1 aliphatic rings. The smallest absolute Gasteiger partial charge is 0.212 e. The lowest BCUT2D eigenvalue weighted by molar-refractivity contribution is 0.520. The molecule has 0 heterocycles. The Morgan fingerprint density at radius 2 is 1.86 bits per heavy atom. The van der Waals surface area contributed by atoms with Gasteiger partial charge in [0, 0.05) is 20.1 Å². The summed E-state index contributed by atoms with van der Waals surface area (Å²) in [5.74, 6) is 0.415. The molecule has 1 atom stereocenters. The molecule has 1 N–H and O–H groups in total. The first-order valence-electron chi connectivity index (χ1n) is 7.14. The van der Waals surface area contributed by atoms with Crippen molar-refractivity contribution in [1.29, 1.82) is 0 Å². The minimum absolute atomic E-state index is 0.146. The molecule has 1 saturated carbocycles. The van der Waals surface area contributed by atoms with Gasteiger partial charge in [-0.3, -0.25) is 0 Å². The second kappa shape index (κ2) is 6.27. The van der Waals surface area contributed by atoms with Gasteiger partial charge in [0.2, 0.25) is 20.0 Å². The molecule has 1 aromatic rings. The Morgan fingerprint density at radius 3 is 2.41 bits per heavy atom. The minimum atomic E-state index is -3.53. The number of nitrogens with one attached hydrogen (secondary N) is 1. The van der Waals surface area contributed by atoms with Crippen LogP contribution in [0.2, 0.25) is 0 Å². The van der Waals surface area contributed by atoms with Crippen molar-refractivity contribution in [1.82, 2.24) is 9.03 Å². The van der Waals surface area contributed by atoms with Gasteiger partial charge in [-0.25, -0.2) is 25.9 Å². The van der Waals surface area contributed by atoms with Crippen molar-refractivity contribution in [2.45, 2.75) is 30.7 Å². The molecule has 0 saturated heterocycles. The van der Waals surface area contributed by atoms with E-state index in [0.29, 0.717) is 5.56 Å². The topological polar surface area (TPSA) is 83.5 Å². The molecule has 1 aliphatic carbocycles. The molecule has 0 aliphatic heterocycles. The van der Waals surface area contributed by atoms with E-state index in [1.54, 1.807) is 19.1 Å². The molecule has 8 heteroatoms. The van der Waals surface area contributed by atoms with E-state index in [1.165, 1.54) is 26.2 Å². The Labute approximate surface area is 132 Å².